The van der Waals surface area contributed by atoms with Gasteiger partial charge in [-0.1, -0.05) is 6.07 Å². The van der Waals surface area contributed by atoms with Gasteiger partial charge in [0.05, 0.1) is 6.61 Å². The number of aliphatic imine (C=N–C) groups is 1. The number of likely N-dealkylation sites (tertiary alicyclic amines) is 1. The Morgan fingerprint density at radius 3 is 2.68 bits per heavy atom. The number of ether oxygens (including phenoxy) is 1. The fourth-order valence-corrected chi connectivity index (χ4v) is 3.85. The maximum atomic E-state index is 11.4. The number of carbonyl (C=O) groups excluding carboxylic acids is 1. The summed E-state index contributed by atoms with van der Waals surface area (Å²) in [5, 5.41) is 0. The lowest BCUT2D eigenvalue weighted by Gasteiger charge is -2.37. The topological polar surface area (TPSA) is 41.9 Å². The molecule has 118 valence electrons. The van der Waals surface area contributed by atoms with Gasteiger partial charge in [0.25, 0.3) is 0 Å². The highest BCUT2D eigenvalue weighted by Gasteiger charge is 2.42. The third-order valence-electron chi connectivity index (χ3n) is 4.41. The number of hydrogen-bond acceptors (Lipinski definition) is 4. The summed E-state index contributed by atoms with van der Waals surface area (Å²) in [5.41, 5.74) is 0.376. The molecule has 0 radical (unpaired) electrons. The van der Waals surface area contributed by atoms with Crippen molar-refractivity contribution in [2.75, 3.05) is 19.7 Å². The maximum Gasteiger partial charge on any atom is 0.217 e. The average molecular weight is 430 g/mol. The third-order valence-corrected chi connectivity index (χ3v) is 6.29. The highest BCUT2D eigenvalue weighted by atomic mass is 79.9. The molecule has 2 aliphatic heterocycles. The van der Waals surface area contributed by atoms with Crippen LogP contribution in [0.3, 0.4) is 0 Å². The van der Waals surface area contributed by atoms with Crippen molar-refractivity contribution >= 4 is 44.4 Å². The Hall–Kier alpha value is -0.560. The van der Waals surface area contributed by atoms with Gasteiger partial charge in [-0.3, -0.25) is 14.7 Å². The van der Waals surface area contributed by atoms with Gasteiger partial charge in [-0.2, -0.15) is 0 Å². The van der Waals surface area contributed by atoms with E-state index in [2.05, 4.69) is 60.0 Å². The van der Waals surface area contributed by atoms with E-state index < -0.39 is 5.72 Å². The second-order valence-corrected chi connectivity index (χ2v) is 7.50. The molecule has 1 unspecified atom stereocenters. The van der Waals surface area contributed by atoms with Crippen LogP contribution in [0.1, 0.15) is 18.4 Å². The molecule has 0 aliphatic carbocycles. The quantitative estimate of drug-likeness (QED) is 0.688. The largest absolute Gasteiger partial charge is 0.341 e. The Kier molecular flexibility index (Phi) is 5.12. The lowest BCUT2D eigenvalue weighted by molar-refractivity contribution is -0.135. The molecule has 4 nitrogen and oxygen atoms in total. The lowest BCUT2D eigenvalue weighted by atomic mass is 9.87. The number of hydrogen-bond donors (Lipinski definition) is 0. The molecule has 1 atom stereocenters. The first-order valence-corrected chi connectivity index (χ1v) is 9.02. The van der Waals surface area contributed by atoms with Gasteiger partial charge < -0.3 is 4.74 Å². The number of rotatable bonds is 4. The van der Waals surface area contributed by atoms with Crippen LogP contribution in [0.2, 0.25) is 0 Å². The second kappa shape index (κ2) is 6.91. The van der Waals surface area contributed by atoms with Crippen molar-refractivity contribution < 1.29 is 9.53 Å². The zero-order valence-electron chi connectivity index (χ0n) is 12.2. The molecule has 3 rings (SSSR count). The standard InChI is InChI=1S/C16H18Br2N2O2/c17-14-2-1-12(9-15(14)18)10-20-6-3-13(4-7-20)16(11-21)19-5-8-22-16/h1-2,5,9,11,13H,3-4,6-8,10H2. The molecule has 0 saturated carbocycles. The first kappa shape index (κ1) is 16.3. The number of aldehydes is 1. The van der Waals surface area contributed by atoms with Crippen molar-refractivity contribution in [2.45, 2.75) is 25.1 Å². The third kappa shape index (κ3) is 3.35. The molecule has 0 N–H and O–H groups in total. The van der Waals surface area contributed by atoms with Crippen LogP contribution in [-0.4, -0.2) is 42.8 Å². The first-order valence-electron chi connectivity index (χ1n) is 7.43. The van der Waals surface area contributed by atoms with Gasteiger partial charge in [-0.05, 0) is 75.5 Å². The lowest BCUT2D eigenvalue weighted by Crippen LogP contribution is -2.45. The van der Waals surface area contributed by atoms with Crippen LogP contribution in [0.25, 0.3) is 0 Å². The Morgan fingerprint density at radius 1 is 1.32 bits per heavy atom. The summed E-state index contributed by atoms with van der Waals surface area (Å²) in [5.74, 6) is 0.191. The summed E-state index contributed by atoms with van der Waals surface area (Å²) in [7, 11) is 0. The van der Waals surface area contributed by atoms with Gasteiger partial charge in [0.15, 0.2) is 6.29 Å². The Balaban J connectivity index is 1.58. The summed E-state index contributed by atoms with van der Waals surface area (Å²) in [6, 6.07) is 6.35. The van der Waals surface area contributed by atoms with E-state index >= 15 is 0 Å². The van der Waals surface area contributed by atoms with Crippen LogP contribution in [0, 0.1) is 5.92 Å². The Bertz CT molecular complexity index is 586. The van der Waals surface area contributed by atoms with Gasteiger partial charge in [-0.15, -0.1) is 0 Å². The van der Waals surface area contributed by atoms with Crippen LogP contribution >= 0.6 is 31.9 Å². The molecule has 22 heavy (non-hydrogen) atoms. The van der Waals surface area contributed by atoms with Crippen molar-refractivity contribution in [3.05, 3.63) is 32.7 Å². The summed E-state index contributed by atoms with van der Waals surface area (Å²) in [6.07, 6.45) is 4.46. The fourth-order valence-electron chi connectivity index (χ4n) is 3.17. The first-order chi connectivity index (χ1) is 10.6. The zero-order chi connectivity index (χ0) is 15.6. The van der Waals surface area contributed by atoms with Crippen LogP contribution in [-0.2, 0) is 16.1 Å². The molecule has 0 amide bonds. The van der Waals surface area contributed by atoms with E-state index in [0.717, 1.165) is 47.7 Å². The summed E-state index contributed by atoms with van der Waals surface area (Å²) in [4.78, 5) is 18.1. The Labute approximate surface area is 147 Å². The average Bonchev–Trinajstić information content (AvgIpc) is 3.02. The SMILES string of the molecule is O=CC1(C2CCN(Cc3ccc(Br)c(Br)c3)CC2)N=CCO1. The van der Waals surface area contributed by atoms with E-state index in [1.807, 2.05) is 0 Å². The number of nitrogens with zero attached hydrogens (tertiary/aromatic N) is 2. The maximum absolute atomic E-state index is 11.4. The van der Waals surface area contributed by atoms with Gasteiger partial charge in [0, 0.05) is 27.6 Å². The monoisotopic (exact) mass is 428 g/mol. The van der Waals surface area contributed by atoms with E-state index in [9.17, 15) is 4.79 Å². The molecule has 2 heterocycles. The number of piperidine rings is 1. The predicted octanol–water partition coefficient (Wildman–Crippen LogP) is 3.42. The van der Waals surface area contributed by atoms with Gasteiger partial charge in [-0.25, -0.2) is 0 Å². The summed E-state index contributed by atoms with van der Waals surface area (Å²) in [6.45, 7) is 3.31. The van der Waals surface area contributed by atoms with E-state index in [4.69, 9.17) is 4.74 Å². The predicted molar refractivity (Wildman–Crippen MR) is 93.1 cm³/mol. The molecule has 2 aliphatic rings. The molecule has 1 aromatic carbocycles. The molecule has 6 heteroatoms. The fraction of sp³-hybridized carbons (Fsp3) is 0.500. The molecular weight excluding hydrogens is 412 g/mol. The number of carbonyl (C=O) groups is 1. The Morgan fingerprint density at radius 2 is 2.09 bits per heavy atom. The molecular formula is C16H18Br2N2O2. The van der Waals surface area contributed by atoms with Crippen LogP contribution in [0.5, 0.6) is 0 Å². The number of benzene rings is 1. The highest BCUT2D eigenvalue weighted by Crippen LogP contribution is 2.33. The molecule has 1 fully saturated rings. The minimum Gasteiger partial charge on any atom is -0.341 e. The highest BCUT2D eigenvalue weighted by molar-refractivity contribution is 9.13. The van der Waals surface area contributed by atoms with Crippen LogP contribution in [0.15, 0.2) is 32.1 Å². The van der Waals surface area contributed by atoms with Crippen molar-refractivity contribution in [2.24, 2.45) is 10.9 Å². The minimum atomic E-state index is -0.910. The summed E-state index contributed by atoms with van der Waals surface area (Å²) < 4.78 is 7.74. The van der Waals surface area contributed by atoms with E-state index in [-0.39, 0.29) is 5.92 Å². The normalized spacial score (nSPS) is 26.5. The van der Waals surface area contributed by atoms with Crippen molar-refractivity contribution in [3.8, 4) is 0 Å². The molecule has 1 saturated heterocycles. The van der Waals surface area contributed by atoms with Crippen molar-refractivity contribution in [3.63, 3.8) is 0 Å². The van der Waals surface area contributed by atoms with Crippen molar-refractivity contribution in [1.29, 1.82) is 0 Å². The number of halogens is 2. The second-order valence-electron chi connectivity index (χ2n) is 5.79. The van der Waals surface area contributed by atoms with E-state index in [1.54, 1.807) is 6.21 Å². The molecule has 0 bridgehead atoms. The molecule has 0 spiro atoms. The van der Waals surface area contributed by atoms with Gasteiger partial charge in [0.1, 0.15) is 0 Å². The minimum absolute atomic E-state index is 0.191. The van der Waals surface area contributed by atoms with E-state index in [0.29, 0.717) is 6.61 Å². The van der Waals surface area contributed by atoms with E-state index in [1.165, 1.54) is 5.56 Å². The smallest absolute Gasteiger partial charge is 0.217 e. The van der Waals surface area contributed by atoms with Crippen molar-refractivity contribution in [1.82, 2.24) is 4.90 Å². The zero-order valence-corrected chi connectivity index (χ0v) is 15.3. The van der Waals surface area contributed by atoms with Crippen LogP contribution in [0.4, 0.5) is 0 Å². The van der Waals surface area contributed by atoms with Crippen LogP contribution < -0.4 is 0 Å². The molecule has 1 aromatic rings. The van der Waals surface area contributed by atoms with Gasteiger partial charge in [0.2, 0.25) is 5.72 Å². The van der Waals surface area contributed by atoms with Gasteiger partial charge >= 0.3 is 0 Å². The summed E-state index contributed by atoms with van der Waals surface area (Å²) >= 11 is 7.04. The molecule has 0 aromatic heterocycles.